The smallest absolute Gasteiger partial charge is 0.249 e. The second-order valence-electron chi connectivity index (χ2n) is 4.10. The summed E-state index contributed by atoms with van der Waals surface area (Å²) in [5.74, 6) is -3.00. The van der Waals surface area contributed by atoms with Crippen molar-refractivity contribution in [3.8, 4) is 0 Å². The number of hydrogen-bond acceptors (Lipinski definition) is 2. The van der Waals surface area contributed by atoms with E-state index in [4.69, 9.17) is 5.73 Å². The number of carbonyl (C=O) groups excluding carboxylic acids is 1. The van der Waals surface area contributed by atoms with Crippen LogP contribution in [0.1, 0.15) is 29.8 Å². The van der Waals surface area contributed by atoms with Gasteiger partial charge in [0.2, 0.25) is 5.92 Å². The molecule has 1 rings (SSSR count). The minimum atomic E-state index is -2.77. The number of nitrogens with two attached hydrogens (primary N) is 1. The number of carbonyl (C=O) groups is 1. The van der Waals surface area contributed by atoms with Crippen molar-refractivity contribution in [3.63, 3.8) is 0 Å². The zero-order chi connectivity index (χ0) is 12.3. The minimum absolute atomic E-state index is 0.235. The highest BCUT2D eigenvalue weighted by Gasteiger charge is 2.22. The molecule has 0 amide bonds. The van der Waals surface area contributed by atoms with E-state index in [0.29, 0.717) is 11.1 Å². The van der Waals surface area contributed by atoms with E-state index in [1.165, 1.54) is 6.07 Å². The lowest BCUT2D eigenvalue weighted by Crippen LogP contribution is -2.26. The molecule has 0 saturated heterocycles. The van der Waals surface area contributed by atoms with Crippen LogP contribution >= 0.6 is 0 Å². The van der Waals surface area contributed by atoms with Gasteiger partial charge in [0.1, 0.15) is 0 Å². The Hall–Kier alpha value is -1.29. The Morgan fingerprint density at radius 2 is 2.12 bits per heavy atom. The molecule has 2 nitrogen and oxygen atoms in total. The average molecular weight is 227 g/mol. The summed E-state index contributed by atoms with van der Waals surface area (Å²) in [5, 5.41) is 0. The summed E-state index contributed by atoms with van der Waals surface area (Å²) in [5.41, 5.74) is 6.28. The van der Waals surface area contributed by atoms with Crippen LogP contribution in [-0.4, -0.2) is 17.7 Å². The number of hydrogen-bond donors (Lipinski definition) is 1. The van der Waals surface area contributed by atoms with Crippen molar-refractivity contribution in [3.05, 3.63) is 35.4 Å². The van der Waals surface area contributed by atoms with Crippen LogP contribution in [0, 0.1) is 0 Å². The first-order valence-corrected chi connectivity index (χ1v) is 5.06. The summed E-state index contributed by atoms with van der Waals surface area (Å²) in [6.07, 6.45) is -0.368. The number of Topliss-reactive ketones (excluding diaryl/α,β-unsaturated/α-hetero) is 1. The molecule has 1 aromatic rings. The topological polar surface area (TPSA) is 43.1 Å². The van der Waals surface area contributed by atoms with Crippen LogP contribution in [0.2, 0.25) is 0 Å². The van der Waals surface area contributed by atoms with Gasteiger partial charge in [0.05, 0.1) is 6.04 Å². The summed E-state index contributed by atoms with van der Waals surface area (Å²) < 4.78 is 25.6. The predicted molar refractivity (Wildman–Crippen MR) is 58.7 cm³/mol. The lowest BCUT2D eigenvalue weighted by Gasteiger charge is -2.11. The fourth-order valence-corrected chi connectivity index (χ4v) is 1.46. The number of ketones is 1. The monoisotopic (exact) mass is 227 g/mol. The van der Waals surface area contributed by atoms with Crippen LogP contribution < -0.4 is 5.73 Å². The molecular formula is C12H15F2NO. The van der Waals surface area contributed by atoms with Gasteiger partial charge < -0.3 is 5.73 Å². The number of alkyl halides is 2. The molecule has 0 bridgehead atoms. The molecule has 0 aromatic heterocycles. The number of benzene rings is 1. The van der Waals surface area contributed by atoms with Gasteiger partial charge >= 0.3 is 0 Å². The molecule has 0 aliphatic rings. The molecule has 0 aliphatic carbocycles. The van der Waals surface area contributed by atoms with Crippen LogP contribution in [0.15, 0.2) is 24.3 Å². The van der Waals surface area contributed by atoms with Crippen LogP contribution in [0.4, 0.5) is 8.78 Å². The summed E-state index contributed by atoms with van der Waals surface area (Å²) in [4.78, 5) is 11.5. The van der Waals surface area contributed by atoms with Gasteiger partial charge in [-0.05, 0) is 25.5 Å². The first kappa shape index (κ1) is 12.8. The average Bonchev–Trinajstić information content (AvgIpc) is 2.14. The number of halogens is 2. The van der Waals surface area contributed by atoms with E-state index in [1.807, 2.05) is 0 Å². The third-order valence-electron chi connectivity index (χ3n) is 2.14. The summed E-state index contributed by atoms with van der Waals surface area (Å²) in [6, 6.07) is 5.62. The van der Waals surface area contributed by atoms with Crippen molar-refractivity contribution in [2.45, 2.75) is 32.2 Å². The molecule has 0 fully saturated rings. The van der Waals surface area contributed by atoms with E-state index in [-0.39, 0.29) is 12.2 Å². The van der Waals surface area contributed by atoms with E-state index in [2.05, 4.69) is 0 Å². The number of rotatable bonds is 4. The van der Waals surface area contributed by atoms with Crippen LogP contribution in [-0.2, 0) is 6.42 Å². The lowest BCUT2D eigenvalue weighted by atomic mass is 10.0. The second-order valence-corrected chi connectivity index (χ2v) is 4.10. The van der Waals surface area contributed by atoms with Crippen molar-refractivity contribution < 1.29 is 13.6 Å². The highest BCUT2D eigenvalue weighted by atomic mass is 19.3. The minimum Gasteiger partial charge on any atom is -0.321 e. The SMILES string of the molecule is CC(N)C(=O)c1cccc(CC(C)(F)F)c1. The van der Waals surface area contributed by atoms with E-state index in [1.54, 1.807) is 25.1 Å². The molecule has 0 radical (unpaired) electrons. The van der Waals surface area contributed by atoms with Gasteiger partial charge in [-0.25, -0.2) is 8.78 Å². The largest absolute Gasteiger partial charge is 0.321 e. The fraction of sp³-hybridized carbons (Fsp3) is 0.417. The van der Waals surface area contributed by atoms with Crippen molar-refractivity contribution in [2.75, 3.05) is 0 Å². The van der Waals surface area contributed by atoms with Gasteiger partial charge in [-0.15, -0.1) is 0 Å². The van der Waals surface area contributed by atoms with Crippen LogP contribution in [0.25, 0.3) is 0 Å². The zero-order valence-corrected chi connectivity index (χ0v) is 9.34. The Kier molecular flexibility index (Phi) is 3.75. The first-order valence-electron chi connectivity index (χ1n) is 5.06. The summed E-state index contributed by atoms with van der Waals surface area (Å²) in [7, 11) is 0. The second kappa shape index (κ2) is 4.70. The maximum atomic E-state index is 12.8. The van der Waals surface area contributed by atoms with Crippen molar-refractivity contribution in [1.82, 2.24) is 0 Å². The molecule has 0 heterocycles. The Labute approximate surface area is 93.5 Å². The molecule has 0 spiro atoms. The van der Waals surface area contributed by atoms with Crippen molar-refractivity contribution in [1.29, 1.82) is 0 Å². The van der Waals surface area contributed by atoms with Gasteiger partial charge in [0.25, 0.3) is 0 Å². The van der Waals surface area contributed by atoms with Crippen LogP contribution in [0.3, 0.4) is 0 Å². The Balaban J connectivity index is 2.91. The highest BCUT2D eigenvalue weighted by molar-refractivity contribution is 5.99. The third kappa shape index (κ3) is 3.70. The Morgan fingerprint density at radius 1 is 1.50 bits per heavy atom. The zero-order valence-electron chi connectivity index (χ0n) is 9.34. The first-order chi connectivity index (χ1) is 7.29. The maximum absolute atomic E-state index is 12.8. The standard InChI is InChI=1S/C12H15F2NO/c1-8(15)11(16)10-5-3-4-9(6-10)7-12(2,13)14/h3-6,8H,7,15H2,1-2H3. The lowest BCUT2D eigenvalue weighted by molar-refractivity contribution is 0.0226. The normalized spacial score (nSPS) is 13.6. The van der Waals surface area contributed by atoms with E-state index < -0.39 is 12.0 Å². The molecule has 1 unspecified atom stereocenters. The molecule has 2 N–H and O–H groups in total. The quantitative estimate of drug-likeness (QED) is 0.803. The van der Waals surface area contributed by atoms with Gasteiger partial charge in [0, 0.05) is 12.0 Å². The van der Waals surface area contributed by atoms with E-state index in [0.717, 1.165) is 6.92 Å². The molecule has 4 heteroatoms. The molecule has 16 heavy (non-hydrogen) atoms. The fourth-order valence-electron chi connectivity index (χ4n) is 1.46. The summed E-state index contributed by atoms with van der Waals surface area (Å²) >= 11 is 0. The van der Waals surface area contributed by atoms with E-state index >= 15 is 0 Å². The molecular weight excluding hydrogens is 212 g/mol. The van der Waals surface area contributed by atoms with Gasteiger partial charge in [-0.1, -0.05) is 18.2 Å². The molecule has 88 valence electrons. The molecule has 0 aliphatic heterocycles. The Morgan fingerprint density at radius 3 is 2.62 bits per heavy atom. The van der Waals surface area contributed by atoms with Gasteiger partial charge in [-0.3, -0.25) is 4.79 Å². The van der Waals surface area contributed by atoms with Gasteiger partial charge in [0.15, 0.2) is 5.78 Å². The maximum Gasteiger partial charge on any atom is 0.249 e. The van der Waals surface area contributed by atoms with E-state index in [9.17, 15) is 13.6 Å². The molecule has 1 aromatic carbocycles. The third-order valence-corrected chi connectivity index (χ3v) is 2.14. The van der Waals surface area contributed by atoms with Crippen molar-refractivity contribution >= 4 is 5.78 Å². The molecule has 1 atom stereocenters. The predicted octanol–water partition coefficient (Wildman–Crippen LogP) is 2.41. The van der Waals surface area contributed by atoms with Crippen LogP contribution in [0.5, 0.6) is 0 Å². The van der Waals surface area contributed by atoms with Crippen molar-refractivity contribution in [2.24, 2.45) is 5.73 Å². The molecule has 0 saturated carbocycles. The highest BCUT2D eigenvalue weighted by Crippen LogP contribution is 2.19. The summed E-state index contributed by atoms with van der Waals surface area (Å²) in [6.45, 7) is 2.43. The Bertz CT molecular complexity index is 383. The van der Waals surface area contributed by atoms with Gasteiger partial charge in [-0.2, -0.15) is 0 Å².